The summed E-state index contributed by atoms with van der Waals surface area (Å²) in [5.74, 6) is 1.15. The van der Waals surface area contributed by atoms with E-state index >= 15 is 0 Å². The molecule has 0 spiro atoms. The summed E-state index contributed by atoms with van der Waals surface area (Å²) in [5, 5.41) is 10.9. The molecule has 0 radical (unpaired) electrons. The number of aryl methyl sites for hydroxylation is 2. The molecule has 0 aliphatic heterocycles. The molecule has 0 aliphatic carbocycles. The number of nitrogens with zero attached hydrogens (tertiary/aromatic N) is 3. The van der Waals surface area contributed by atoms with Crippen LogP contribution >= 0.6 is 23.1 Å². The molecule has 0 atom stereocenters. The minimum atomic E-state index is 0.0652. The number of thioether (sulfide) groups is 1. The van der Waals surface area contributed by atoms with Gasteiger partial charge in [-0.25, -0.2) is 0 Å². The summed E-state index contributed by atoms with van der Waals surface area (Å²) in [7, 11) is 1.61. The predicted molar refractivity (Wildman–Crippen MR) is 96.1 cm³/mol. The van der Waals surface area contributed by atoms with Crippen molar-refractivity contribution in [3.63, 3.8) is 0 Å². The smallest absolute Gasteiger partial charge is 0.191 e. The van der Waals surface area contributed by atoms with Crippen molar-refractivity contribution in [2.24, 2.45) is 0 Å². The summed E-state index contributed by atoms with van der Waals surface area (Å²) >= 11 is 3.16. The fourth-order valence-corrected chi connectivity index (χ4v) is 3.72. The normalized spacial score (nSPS) is 10.7. The number of rotatable bonds is 8. The molecule has 1 aromatic carbocycles. The van der Waals surface area contributed by atoms with Crippen molar-refractivity contribution in [2.45, 2.75) is 18.1 Å². The summed E-state index contributed by atoms with van der Waals surface area (Å²) in [6, 6.07) is 11.3. The Hall–Kier alpha value is -2.12. The Morgan fingerprint density at radius 3 is 2.83 bits per heavy atom. The summed E-state index contributed by atoms with van der Waals surface area (Å²) in [4.78, 5) is 13.6. The van der Waals surface area contributed by atoms with E-state index < -0.39 is 0 Å². The number of thiophene rings is 1. The number of carbonyl (C=O) groups is 1. The molecule has 0 amide bonds. The Bertz CT molecular complexity index is 783. The summed E-state index contributed by atoms with van der Waals surface area (Å²) in [5.41, 5.74) is 0.674. The first-order chi connectivity index (χ1) is 11.8. The topological polar surface area (TPSA) is 57.0 Å². The number of methoxy groups -OCH3 is 1. The summed E-state index contributed by atoms with van der Waals surface area (Å²) < 4.78 is 7.10. The van der Waals surface area contributed by atoms with Gasteiger partial charge in [-0.05, 0) is 42.1 Å². The molecule has 2 heterocycles. The lowest BCUT2D eigenvalue weighted by Gasteiger charge is -2.05. The van der Waals surface area contributed by atoms with Gasteiger partial charge in [-0.3, -0.25) is 4.79 Å². The third-order valence-electron chi connectivity index (χ3n) is 3.50. The highest BCUT2D eigenvalue weighted by Crippen LogP contribution is 2.19. The summed E-state index contributed by atoms with van der Waals surface area (Å²) in [6.07, 6.45) is 2.66. The van der Waals surface area contributed by atoms with E-state index in [1.807, 2.05) is 4.57 Å². The standard InChI is InChI=1S/C17H17N3O2S2/c1-22-14-6-4-13(5-7-14)16(21)11-24-17-19-18-12-20(17)9-8-15-3-2-10-23-15/h2-7,10,12H,8-9,11H2,1H3. The van der Waals surface area contributed by atoms with Crippen LogP contribution in [-0.4, -0.2) is 33.4 Å². The van der Waals surface area contributed by atoms with Gasteiger partial charge in [0.25, 0.3) is 0 Å². The zero-order valence-corrected chi connectivity index (χ0v) is 14.8. The lowest BCUT2D eigenvalue weighted by Crippen LogP contribution is -2.05. The van der Waals surface area contributed by atoms with Crippen molar-refractivity contribution in [3.05, 3.63) is 58.5 Å². The fraction of sp³-hybridized carbons (Fsp3) is 0.235. The van der Waals surface area contributed by atoms with Gasteiger partial charge < -0.3 is 9.30 Å². The highest BCUT2D eigenvalue weighted by Gasteiger charge is 2.11. The van der Waals surface area contributed by atoms with Crippen LogP contribution in [0.3, 0.4) is 0 Å². The van der Waals surface area contributed by atoms with Crippen LogP contribution in [0.4, 0.5) is 0 Å². The Labute approximate surface area is 148 Å². The van der Waals surface area contributed by atoms with Gasteiger partial charge in [-0.15, -0.1) is 21.5 Å². The first-order valence-corrected chi connectivity index (χ1v) is 9.33. The van der Waals surface area contributed by atoms with Crippen LogP contribution in [0.1, 0.15) is 15.2 Å². The number of ether oxygens (including phenoxy) is 1. The molecular formula is C17H17N3O2S2. The van der Waals surface area contributed by atoms with E-state index in [2.05, 4.69) is 27.7 Å². The number of Topliss-reactive ketones (excluding diaryl/α,β-unsaturated/α-hetero) is 1. The second-order valence-corrected chi connectivity index (χ2v) is 7.05. The number of carbonyl (C=O) groups excluding carboxylic acids is 1. The SMILES string of the molecule is COc1ccc(C(=O)CSc2nncn2CCc2cccs2)cc1. The van der Waals surface area contributed by atoms with Gasteiger partial charge in [0.2, 0.25) is 0 Å². The quantitative estimate of drug-likeness (QED) is 0.455. The molecule has 0 aliphatic rings. The first-order valence-electron chi connectivity index (χ1n) is 7.46. The van der Waals surface area contributed by atoms with Crippen LogP contribution in [0.5, 0.6) is 5.75 Å². The maximum absolute atomic E-state index is 12.3. The average molecular weight is 359 g/mol. The Kier molecular flexibility index (Phi) is 5.66. The molecular weight excluding hydrogens is 342 g/mol. The van der Waals surface area contributed by atoms with Crippen LogP contribution in [0.25, 0.3) is 0 Å². The van der Waals surface area contributed by atoms with Crippen LogP contribution in [0.2, 0.25) is 0 Å². The molecule has 5 nitrogen and oxygen atoms in total. The Balaban J connectivity index is 1.56. The molecule has 3 rings (SSSR count). The van der Waals surface area contributed by atoms with Crippen LogP contribution in [-0.2, 0) is 13.0 Å². The first kappa shape index (κ1) is 16.7. The van der Waals surface area contributed by atoms with Crippen molar-refractivity contribution in [1.82, 2.24) is 14.8 Å². The maximum Gasteiger partial charge on any atom is 0.191 e. The number of aromatic nitrogens is 3. The highest BCUT2D eigenvalue weighted by molar-refractivity contribution is 7.99. The van der Waals surface area contributed by atoms with Gasteiger partial charge in [0, 0.05) is 17.0 Å². The molecule has 3 aromatic rings. The van der Waals surface area contributed by atoms with Gasteiger partial charge >= 0.3 is 0 Å². The molecule has 0 fully saturated rings. The van der Waals surface area contributed by atoms with E-state index in [0.717, 1.165) is 23.9 Å². The van der Waals surface area contributed by atoms with Crippen molar-refractivity contribution >= 4 is 28.9 Å². The van der Waals surface area contributed by atoms with Crippen molar-refractivity contribution in [3.8, 4) is 5.75 Å². The third kappa shape index (κ3) is 4.24. The van der Waals surface area contributed by atoms with E-state index in [4.69, 9.17) is 4.74 Å². The monoisotopic (exact) mass is 359 g/mol. The van der Waals surface area contributed by atoms with Gasteiger partial charge in [-0.2, -0.15) is 0 Å². The van der Waals surface area contributed by atoms with Gasteiger partial charge in [0.1, 0.15) is 12.1 Å². The zero-order valence-electron chi connectivity index (χ0n) is 13.2. The predicted octanol–water partition coefficient (Wildman–Crippen LogP) is 3.57. The van der Waals surface area contributed by atoms with Crippen molar-refractivity contribution in [2.75, 3.05) is 12.9 Å². The second-order valence-electron chi connectivity index (χ2n) is 5.08. The van der Waals surface area contributed by atoms with Gasteiger partial charge in [0.15, 0.2) is 10.9 Å². The number of ketones is 1. The molecule has 0 saturated heterocycles. The van der Waals surface area contributed by atoms with E-state index in [9.17, 15) is 4.79 Å². The molecule has 0 bridgehead atoms. The minimum absolute atomic E-state index is 0.0652. The van der Waals surface area contributed by atoms with Crippen LogP contribution in [0.15, 0.2) is 53.3 Å². The van der Waals surface area contributed by atoms with E-state index in [1.165, 1.54) is 16.6 Å². The third-order valence-corrected chi connectivity index (χ3v) is 5.42. The highest BCUT2D eigenvalue weighted by atomic mass is 32.2. The zero-order chi connectivity index (χ0) is 16.8. The lowest BCUT2D eigenvalue weighted by molar-refractivity contribution is 0.102. The second kappa shape index (κ2) is 8.12. The van der Waals surface area contributed by atoms with E-state index in [-0.39, 0.29) is 5.78 Å². The van der Waals surface area contributed by atoms with Gasteiger partial charge in [0.05, 0.1) is 12.9 Å². The average Bonchev–Trinajstić information content (AvgIpc) is 3.29. The number of benzene rings is 1. The number of hydrogen-bond acceptors (Lipinski definition) is 6. The molecule has 24 heavy (non-hydrogen) atoms. The van der Waals surface area contributed by atoms with E-state index in [1.54, 1.807) is 49.0 Å². The molecule has 7 heteroatoms. The molecule has 2 aromatic heterocycles. The van der Waals surface area contributed by atoms with Gasteiger partial charge in [-0.1, -0.05) is 17.8 Å². The number of hydrogen-bond donors (Lipinski definition) is 0. The van der Waals surface area contributed by atoms with Crippen LogP contribution < -0.4 is 4.74 Å². The van der Waals surface area contributed by atoms with Crippen molar-refractivity contribution in [1.29, 1.82) is 0 Å². The molecule has 0 unspecified atom stereocenters. The minimum Gasteiger partial charge on any atom is -0.497 e. The maximum atomic E-state index is 12.3. The van der Waals surface area contributed by atoms with Crippen molar-refractivity contribution < 1.29 is 9.53 Å². The van der Waals surface area contributed by atoms with Crippen LogP contribution in [0, 0.1) is 0 Å². The Morgan fingerprint density at radius 1 is 1.29 bits per heavy atom. The molecule has 0 saturated carbocycles. The molecule has 0 N–H and O–H groups in total. The van der Waals surface area contributed by atoms with E-state index in [0.29, 0.717) is 11.3 Å². The lowest BCUT2D eigenvalue weighted by atomic mass is 10.1. The Morgan fingerprint density at radius 2 is 2.12 bits per heavy atom. The molecule has 124 valence electrons. The largest absolute Gasteiger partial charge is 0.497 e. The summed E-state index contributed by atoms with van der Waals surface area (Å²) in [6.45, 7) is 0.812. The fourth-order valence-electron chi connectivity index (χ4n) is 2.19.